The molecule has 0 aliphatic heterocycles. The van der Waals surface area contributed by atoms with Crippen LogP contribution in [0.4, 0.5) is 0 Å². The van der Waals surface area contributed by atoms with E-state index < -0.39 is 9.05 Å². The molecular formula is C2H5O4PSi. The Balaban J connectivity index is 0. The van der Waals surface area contributed by atoms with Crippen molar-refractivity contribution in [2.45, 2.75) is 6.92 Å². The minimum absolute atomic E-state index is 0. The fourth-order valence-corrected chi connectivity index (χ4v) is 0.530. The van der Waals surface area contributed by atoms with Gasteiger partial charge >= 0.3 is 9.90 Å². The van der Waals surface area contributed by atoms with Gasteiger partial charge in [-0.15, -0.1) is 9.05 Å². The summed E-state index contributed by atoms with van der Waals surface area (Å²) in [5, 5.41) is 0. The normalized spacial score (nSPS) is 10.5. The number of rotatable bonds is 2. The molecule has 0 aliphatic carbocycles. The molecule has 0 heterocycles. The van der Waals surface area contributed by atoms with Gasteiger partial charge in [0, 0.05) is 6.61 Å². The first-order valence-corrected chi connectivity index (χ1v) is 3.45. The first kappa shape index (κ1) is 11.3. The van der Waals surface area contributed by atoms with E-state index in [9.17, 15) is 14.4 Å². The molecular weight excluding hydrogens is 147 g/mol. The van der Waals surface area contributed by atoms with Gasteiger partial charge in [0.1, 0.15) is 0 Å². The van der Waals surface area contributed by atoms with E-state index in [0.29, 0.717) is 0 Å². The van der Waals surface area contributed by atoms with E-state index in [4.69, 9.17) is 0 Å². The molecule has 8 heavy (non-hydrogen) atoms. The molecule has 0 spiro atoms. The molecule has 0 amide bonds. The summed E-state index contributed by atoms with van der Waals surface area (Å²) in [5.74, 6) is 0. The van der Waals surface area contributed by atoms with Crippen molar-refractivity contribution in [3.05, 3.63) is 0 Å². The van der Waals surface area contributed by atoms with Gasteiger partial charge in [0.2, 0.25) is 0 Å². The zero-order valence-corrected chi connectivity index (χ0v) is 6.18. The first-order valence-electron chi connectivity index (χ1n) is 1.81. The maximum Gasteiger partial charge on any atom is 3.00 e. The third kappa shape index (κ3) is 9.70. The Bertz CT molecular complexity index is 52.5. The van der Waals surface area contributed by atoms with Gasteiger partial charge in [-0.25, -0.2) is 0 Å². The molecule has 0 fully saturated rings. The molecule has 0 atom stereocenters. The molecule has 0 rings (SSSR count). The fourth-order valence-electron chi connectivity index (χ4n) is 0.177. The van der Waals surface area contributed by atoms with E-state index in [1.807, 2.05) is 0 Å². The van der Waals surface area contributed by atoms with Gasteiger partial charge in [0.25, 0.3) is 0 Å². The quantitative estimate of drug-likeness (QED) is 0.321. The van der Waals surface area contributed by atoms with Crippen LogP contribution in [0.1, 0.15) is 6.92 Å². The minimum atomic E-state index is -4.91. The van der Waals surface area contributed by atoms with Crippen molar-refractivity contribution in [2.24, 2.45) is 0 Å². The third-order valence-electron chi connectivity index (χ3n) is 0.321. The van der Waals surface area contributed by atoms with E-state index in [2.05, 4.69) is 4.43 Å². The molecule has 0 unspecified atom stereocenters. The number of hydrogen-bond donors (Lipinski definition) is 0. The van der Waals surface area contributed by atoms with Crippen molar-refractivity contribution in [3.8, 4) is 0 Å². The van der Waals surface area contributed by atoms with Gasteiger partial charge in [-0.05, 0) is 6.92 Å². The van der Waals surface area contributed by atoms with Crippen LogP contribution in [0.5, 0.6) is 0 Å². The topological polar surface area (TPSA) is 78.4 Å². The van der Waals surface area contributed by atoms with E-state index in [0.717, 1.165) is 0 Å². The van der Waals surface area contributed by atoms with Crippen molar-refractivity contribution in [2.75, 3.05) is 6.61 Å². The predicted octanol–water partition coefficient (Wildman–Crippen LogP) is -2.60. The van der Waals surface area contributed by atoms with Crippen LogP contribution in [0.2, 0.25) is 0 Å². The van der Waals surface area contributed by atoms with Gasteiger partial charge in [-0.1, -0.05) is 0 Å². The summed E-state index contributed by atoms with van der Waals surface area (Å²) in [6.45, 7) is 1.37. The number of hydrogen-bond acceptors (Lipinski definition) is 4. The Hall–Kier alpha value is 0.487. The van der Waals surface area contributed by atoms with Crippen LogP contribution in [-0.4, -0.2) is 15.7 Å². The molecule has 0 aliphatic rings. The Morgan fingerprint density at radius 3 is 1.75 bits per heavy atom. The van der Waals surface area contributed by atoms with Crippen LogP contribution in [0.3, 0.4) is 0 Å². The largest absolute Gasteiger partial charge is 3.00 e. The van der Waals surface area contributed by atoms with Crippen molar-refractivity contribution in [3.63, 3.8) is 0 Å². The molecule has 6 heteroatoms. The second-order valence-electron chi connectivity index (χ2n) is 0.933. The average Bonchev–Trinajstić information content (AvgIpc) is 1.30. The molecule has 0 N–H and O–H groups in total. The van der Waals surface area contributed by atoms with E-state index >= 15 is 0 Å². The summed E-state index contributed by atoms with van der Waals surface area (Å²) in [5.41, 5.74) is 0. The summed E-state index contributed by atoms with van der Waals surface area (Å²) >= 11 is 0. The van der Waals surface area contributed by atoms with E-state index in [1.165, 1.54) is 6.92 Å². The molecule has 0 aromatic carbocycles. The van der Waals surface area contributed by atoms with Gasteiger partial charge in [0.05, 0.1) is 0 Å². The van der Waals surface area contributed by atoms with Crippen molar-refractivity contribution in [1.82, 2.24) is 0 Å². The maximum atomic E-state index is 9.51. The molecule has 2 radical (unpaired) electrons. The van der Waals surface area contributed by atoms with Crippen LogP contribution < -0.4 is 14.4 Å². The predicted molar refractivity (Wildman–Crippen MR) is 24.3 cm³/mol. The van der Waals surface area contributed by atoms with Gasteiger partial charge in [-0.2, -0.15) is 0 Å². The van der Waals surface area contributed by atoms with Crippen LogP contribution >= 0.6 is 9.90 Å². The second-order valence-corrected chi connectivity index (χ2v) is 2.22. The van der Waals surface area contributed by atoms with Crippen LogP contribution in [0.25, 0.3) is 0 Å². The average molecular weight is 152 g/mol. The van der Waals surface area contributed by atoms with Crippen molar-refractivity contribution in [1.29, 1.82) is 0 Å². The molecule has 4 nitrogen and oxygen atoms in total. The first-order chi connectivity index (χ1) is 3.06. The van der Waals surface area contributed by atoms with Crippen molar-refractivity contribution >= 4 is 18.9 Å². The second kappa shape index (κ2) is 4.37. The van der Waals surface area contributed by atoms with Gasteiger partial charge < -0.3 is 18.8 Å². The van der Waals surface area contributed by atoms with Crippen molar-refractivity contribution < 1.29 is 18.8 Å². The molecule has 0 bridgehead atoms. The zero-order valence-electron chi connectivity index (χ0n) is 4.29. The third-order valence-corrected chi connectivity index (χ3v) is 0.963. The summed E-state index contributed by atoms with van der Waals surface area (Å²) in [4.78, 5) is 28.5. The standard InChI is InChI=1S/C2H5O4Si.P/c1-2-6-7(3,4)5;/h2H2,1H3;/q-3;+3. The zero-order chi connectivity index (χ0) is 5.91. The van der Waals surface area contributed by atoms with Crippen LogP contribution in [0, 0.1) is 0 Å². The molecule has 0 aromatic heterocycles. The molecule has 46 valence electrons. The van der Waals surface area contributed by atoms with Crippen LogP contribution in [0.15, 0.2) is 0 Å². The minimum Gasteiger partial charge on any atom is -0.861 e. The van der Waals surface area contributed by atoms with Gasteiger partial charge in [-0.3, -0.25) is 0 Å². The summed E-state index contributed by atoms with van der Waals surface area (Å²) < 4.78 is 3.70. The van der Waals surface area contributed by atoms with E-state index in [-0.39, 0.29) is 16.5 Å². The Morgan fingerprint density at radius 2 is 1.75 bits per heavy atom. The van der Waals surface area contributed by atoms with E-state index in [1.54, 1.807) is 0 Å². The summed E-state index contributed by atoms with van der Waals surface area (Å²) in [6, 6.07) is 0. The van der Waals surface area contributed by atoms with Gasteiger partial charge in [0.15, 0.2) is 0 Å². The fraction of sp³-hybridized carbons (Fsp3) is 1.00. The monoisotopic (exact) mass is 152 g/mol. The maximum absolute atomic E-state index is 9.51. The Labute approximate surface area is 52.2 Å². The molecule has 0 aromatic rings. The van der Waals surface area contributed by atoms with Crippen LogP contribution in [-0.2, 0) is 4.43 Å². The summed E-state index contributed by atoms with van der Waals surface area (Å²) in [6.07, 6.45) is 0. The molecule has 0 saturated heterocycles. The SMILES string of the molecule is CCO[Si]([O-])([O-])[O-].[P+3]. The molecule has 0 saturated carbocycles. The summed E-state index contributed by atoms with van der Waals surface area (Å²) in [7, 11) is -4.91. The Morgan fingerprint density at radius 1 is 1.38 bits per heavy atom. The Kier molecular flexibility index (Phi) is 6.18. The smallest absolute Gasteiger partial charge is 0.861 e.